The molecule has 0 aliphatic carbocycles. The normalized spacial score (nSPS) is 16.0. The summed E-state index contributed by atoms with van der Waals surface area (Å²) >= 11 is 7.76. The van der Waals surface area contributed by atoms with Gasteiger partial charge in [0.1, 0.15) is 0 Å². The molecule has 6 heteroatoms. The number of halogens is 2. The number of benzene rings is 2. The average molecular weight is 383 g/mol. The standard InChI is InChI=1S/C18H19ClN2OS.ClH/c1-23-13-6-7-16(19)15(10-13)18(22)21-11-17-14-5-3-2-4-12(14)8-9-20-17;/h2-7,10,17,20H,8-9,11H2,1H3,(H,21,22);1H. The van der Waals surface area contributed by atoms with Crippen LogP contribution in [-0.2, 0) is 6.42 Å². The van der Waals surface area contributed by atoms with Gasteiger partial charge in [0.2, 0.25) is 0 Å². The third-order valence-corrected chi connectivity index (χ3v) is 5.16. The van der Waals surface area contributed by atoms with Gasteiger partial charge in [-0.3, -0.25) is 4.79 Å². The Kier molecular flexibility index (Phi) is 6.99. The minimum atomic E-state index is -0.129. The summed E-state index contributed by atoms with van der Waals surface area (Å²) < 4.78 is 0. The van der Waals surface area contributed by atoms with Crippen LogP contribution >= 0.6 is 35.8 Å². The number of nitrogens with one attached hydrogen (secondary N) is 2. The van der Waals surface area contributed by atoms with Gasteiger partial charge >= 0.3 is 0 Å². The summed E-state index contributed by atoms with van der Waals surface area (Å²) in [5.41, 5.74) is 3.15. The highest BCUT2D eigenvalue weighted by Gasteiger charge is 2.20. The van der Waals surface area contributed by atoms with Crippen molar-refractivity contribution in [2.24, 2.45) is 0 Å². The van der Waals surface area contributed by atoms with Gasteiger partial charge in [0.25, 0.3) is 5.91 Å². The smallest absolute Gasteiger partial charge is 0.252 e. The zero-order valence-electron chi connectivity index (χ0n) is 13.3. The molecule has 1 heterocycles. The Bertz CT molecular complexity index is 724. The monoisotopic (exact) mass is 382 g/mol. The highest BCUT2D eigenvalue weighted by atomic mass is 35.5. The molecule has 0 bridgehead atoms. The largest absolute Gasteiger partial charge is 0.350 e. The second kappa shape index (κ2) is 8.77. The molecule has 2 aromatic rings. The minimum absolute atomic E-state index is 0. The molecular weight excluding hydrogens is 363 g/mol. The molecule has 1 aliphatic rings. The molecule has 1 atom stereocenters. The van der Waals surface area contributed by atoms with Crippen LogP contribution in [0.25, 0.3) is 0 Å². The second-order valence-electron chi connectivity index (χ2n) is 5.51. The van der Waals surface area contributed by atoms with Crippen molar-refractivity contribution in [2.75, 3.05) is 19.3 Å². The first-order valence-corrected chi connectivity index (χ1v) is 9.22. The fraction of sp³-hybridized carbons (Fsp3) is 0.278. The average Bonchev–Trinajstić information content (AvgIpc) is 2.60. The summed E-state index contributed by atoms with van der Waals surface area (Å²) in [4.78, 5) is 13.5. The molecule has 1 unspecified atom stereocenters. The van der Waals surface area contributed by atoms with Crippen molar-refractivity contribution in [3.63, 3.8) is 0 Å². The highest BCUT2D eigenvalue weighted by molar-refractivity contribution is 7.98. The van der Waals surface area contributed by atoms with Gasteiger partial charge in [0.15, 0.2) is 0 Å². The molecule has 0 fully saturated rings. The van der Waals surface area contributed by atoms with Crippen LogP contribution in [0, 0.1) is 0 Å². The summed E-state index contributed by atoms with van der Waals surface area (Å²) in [6.07, 6.45) is 3.01. The third-order valence-electron chi connectivity index (χ3n) is 4.10. The van der Waals surface area contributed by atoms with E-state index in [9.17, 15) is 4.79 Å². The molecule has 2 N–H and O–H groups in total. The Morgan fingerprint density at radius 1 is 1.33 bits per heavy atom. The third kappa shape index (κ3) is 4.25. The predicted molar refractivity (Wildman–Crippen MR) is 104 cm³/mol. The lowest BCUT2D eigenvalue weighted by atomic mass is 9.94. The summed E-state index contributed by atoms with van der Waals surface area (Å²) in [7, 11) is 0. The van der Waals surface area contributed by atoms with Crippen LogP contribution in [0.1, 0.15) is 27.5 Å². The van der Waals surface area contributed by atoms with Gasteiger partial charge in [-0.1, -0.05) is 35.9 Å². The van der Waals surface area contributed by atoms with Crippen molar-refractivity contribution in [1.82, 2.24) is 10.6 Å². The summed E-state index contributed by atoms with van der Waals surface area (Å²) in [5.74, 6) is -0.129. The fourth-order valence-electron chi connectivity index (χ4n) is 2.87. The van der Waals surface area contributed by atoms with Gasteiger partial charge in [0.05, 0.1) is 10.6 Å². The van der Waals surface area contributed by atoms with Gasteiger partial charge in [-0.25, -0.2) is 0 Å². The molecule has 0 radical (unpaired) electrons. The Morgan fingerprint density at radius 3 is 2.92 bits per heavy atom. The Balaban J connectivity index is 0.00000208. The van der Waals surface area contributed by atoms with Crippen molar-refractivity contribution in [3.05, 3.63) is 64.2 Å². The first-order chi connectivity index (χ1) is 11.2. The molecule has 128 valence electrons. The number of rotatable bonds is 4. The Hall–Kier alpha value is -1.20. The lowest BCUT2D eigenvalue weighted by Gasteiger charge is -2.27. The van der Waals surface area contributed by atoms with Gasteiger partial charge in [-0.15, -0.1) is 24.2 Å². The van der Waals surface area contributed by atoms with Crippen molar-refractivity contribution in [2.45, 2.75) is 17.4 Å². The zero-order valence-corrected chi connectivity index (χ0v) is 15.7. The van der Waals surface area contributed by atoms with Gasteiger partial charge < -0.3 is 10.6 Å². The van der Waals surface area contributed by atoms with Crippen LogP contribution in [0.3, 0.4) is 0 Å². The molecule has 0 aromatic heterocycles. The summed E-state index contributed by atoms with van der Waals surface area (Å²) in [5, 5.41) is 6.96. The fourth-order valence-corrected chi connectivity index (χ4v) is 3.51. The number of thioether (sulfide) groups is 1. The van der Waals surface area contributed by atoms with Crippen LogP contribution in [-0.4, -0.2) is 25.3 Å². The predicted octanol–water partition coefficient (Wildman–Crippen LogP) is 4.10. The van der Waals surface area contributed by atoms with Crippen molar-refractivity contribution >= 4 is 41.7 Å². The summed E-state index contributed by atoms with van der Waals surface area (Å²) in [6.45, 7) is 1.48. The van der Waals surface area contributed by atoms with E-state index in [1.807, 2.05) is 24.5 Å². The van der Waals surface area contributed by atoms with E-state index in [1.54, 1.807) is 17.8 Å². The Labute approximate surface area is 158 Å². The van der Waals surface area contributed by atoms with E-state index in [4.69, 9.17) is 11.6 Å². The van der Waals surface area contributed by atoms with E-state index in [-0.39, 0.29) is 24.4 Å². The quantitative estimate of drug-likeness (QED) is 0.781. The molecule has 2 aromatic carbocycles. The number of hydrogen-bond donors (Lipinski definition) is 2. The number of carbonyl (C=O) groups is 1. The van der Waals surface area contributed by atoms with Crippen molar-refractivity contribution in [3.8, 4) is 0 Å². The molecule has 3 rings (SSSR count). The minimum Gasteiger partial charge on any atom is -0.350 e. The second-order valence-corrected chi connectivity index (χ2v) is 6.80. The van der Waals surface area contributed by atoms with Gasteiger partial charge in [-0.2, -0.15) is 0 Å². The van der Waals surface area contributed by atoms with Gasteiger partial charge in [0, 0.05) is 17.5 Å². The zero-order chi connectivity index (χ0) is 16.2. The summed E-state index contributed by atoms with van der Waals surface area (Å²) in [6, 6.07) is 14.1. The molecular formula is C18H20Cl2N2OS. The lowest BCUT2D eigenvalue weighted by molar-refractivity contribution is 0.0949. The van der Waals surface area contributed by atoms with E-state index in [2.05, 4.69) is 28.8 Å². The molecule has 24 heavy (non-hydrogen) atoms. The van der Waals surface area contributed by atoms with Crippen LogP contribution < -0.4 is 10.6 Å². The van der Waals surface area contributed by atoms with Crippen molar-refractivity contribution in [1.29, 1.82) is 0 Å². The first-order valence-electron chi connectivity index (χ1n) is 7.62. The topological polar surface area (TPSA) is 41.1 Å². The van der Waals surface area contributed by atoms with E-state index in [0.29, 0.717) is 17.1 Å². The van der Waals surface area contributed by atoms with Gasteiger partial charge in [-0.05, 0) is 48.5 Å². The first kappa shape index (κ1) is 19.1. The van der Waals surface area contributed by atoms with E-state index < -0.39 is 0 Å². The number of carbonyl (C=O) groups excluding carboxylic acids is 1. The maximum absolute atomic E-state index is 12.5. The van der Waals surface area contributed by atoms with Crippen LogP contribution in [0.5, 0.6) is 0 Å². The molecule has 0 saturated heterocycles. The maximum atomic E-state index is 12.5. The molecule has 1 aliphatic heterocycles. The van der Waals surface area contributed by atoms with Crippen LogP contribution in [0.2, 0.25) is 5.02 Å². The molecule has 0 saturated carbocycles. The van der Waals surface area contributed by atoms with E-state index >= 15 is 0 Å². The Morgan fingerprint density at radius 2 is 2.12 bits per heavy atom. The number of fused-ring (bicyclic) bond motifs is 1. The van der Waals surface area contributed by atoms with E-state index in [0.717, 1.165) is 17.9 Å². The maximum Gasteiger partial charge on any atom is 0.252 e. The molecule has 3 nitrogen and oxygen atoms in total. The SMILES string of the molecule is CSc1ccc(Cl)c(C(=O)NCC2NCCc3ccccc32)c1.Cl. The van der Waals surface area contributed by atoms with Crippen LogP contribution in [0.15, 0.2) is 47.4 Å². The number of amides is 1. The van der Waals surface area contributed by atoms with Crippen molar-refractivity contribution < 1.29 is 4.79 Å². The lowest BCUT2D eigenvalue weighted by Crippen LogP contribution is -2.38. The van der Waals surface area contributed by atoms with E-state index in [1.165, 1.54) is 11.1 Å². The molecule has 0 spiro atoms. The van der Waals surface area contributed by atoms with Crippen LogP contribution in [0.4, 0.5) is 0 Å². The number of hydrogen-bond acceptors (Lipinski definition) is 3. The molecule has 1 amide bonds. The highest BCUT2D eigenvalue weighted by Crippen LogP contribution is 2.24.